The molecule has 1 heterocycles. The average Bonchev–Trinajstić information content (AvgIpc) is 2.79. The largest absolute Gasteiger partial charge is 0.303 e. The van der Waals surface area contributed by atoms with Crippen molar-refractivity contribution in [2.45, 2.75) is 46.7 Å². The van der Waals surface area contributed by atoms with E-state index >= 15 is 0 Å². The SMILES string of the molecule is Cc1ccc(C)c(C(C)NC(C)c2ccc(C)s2)c1. The van der Waals surface area contributed by atoms with Crippen LogP contribution >= 0.6 is 11.3 Å². The number of rotatable bonds is 4. The fraction of sp³-hybridized carbons (Fsp3) is 0.412. The molecule has 2 heteroatoms. The molecule has 1 nitrogen and oxygen atoms in total. The third-order valence-electron chi connectivity index (χ3n) is 3.59. The summed E-state index contributed by atoms with van der Waals surface area (Å²) in [7, 11) is 0. The van der Waals surface area contributed by atoms with Gasteiger partial charge in [0.25, 0.3) is 0 Å². The zero-order chi connectivity index (χ0) is 14.0. The van der Waals surface area contributed by atoms with Crippen LogP contribution in [0.15, 0.2) is 30.3 Å². The molecule has 1 aromatic heterocycles. The van der Waals surface area contributed by atoms with E-state index < -0.39 is 0 Å². The third kappa shape index (κ3) is 3.46. The zero-order valence-corrected chi connectivity index (χ0v) is 13.3. The predicted octanol–water partition coefficient (Wildman–Crippen LogP) is 5.09. The second kappa shape index (κ2) is 5.89. The van der Waals surface area contributed by atoms with Crippen LogP contribution in [0.25, 0.3) is 0 Å². The molecular weight excluding hydrogens is 250 g/mol. The van der Waals surface area contributed by atoms with Gasteiger partial charge >= 0.3 is 0 Å². The lowest BCUT2D eigenvalue weighted by atomic mass is 9.99. The first-order valence-electron chi connectivity index (χ1n) is 6.87. The van der Waals surface area contributed by atoms with Crippen LogP contribution in [0.5, 0.6) is 0 Å². The molecule has 0 fully saturated rings. The summed E-state index contributed by atoms with van der Waals surface area (Å²) in [5.41, 5.74) is 4.09. The van der Waals surface area contributed by atoms with E-state index in [1.165, 1.54) is 26.4 Å². The summed E-state index contributed by atoms with van der Waals surface area (Å²) in [5, 5.41) is 3.70. The van der Waals surface area contributed by atoms with Gasteiger partial charge in [-0.2, -0.15) is 0 Å². The molecule has 0 aliphatic heterocycles. The van der Waals surface area contributed by atoms with E-state index in [9.17, 15) is 0 Å². The van der Waals surface area contributed by atoms with Crippen molar-refractivity contribution in [1.82, 2.24) is 5.32 Å². The van der Waals surface area contributed by atoms with Gasteiger partial charge in [-0.05, 0) is 57.9 Å². The van der Waals surface area contributed by atoms with Crippen molar-refractivity contribution < 1.29 is 0 Å². The summed E-state index contributed by atoms with van der Waals surface area (Å²) < 4.78 is 0. The quantitative estimate of drug-likeness (QED) is 0.818. The molecule has 0 bridgehead atoms. The lowest BCUT2D eigenvalue weighted by Gasteiger charge is -2.21. The van der Waals surface area contributed by atoms with Crippen molar-refractivity contribution in [3.8, 4) is 0 Å². The van der Waals surface area contributed by atoms with Crippen molar-refractivity contribution >= 4 is 11.3 Å². The Labute approximate surface area is 120 Å². The Morgan fingerprint density at radius 3 is 2.32 bits per heavy atom. The van der Waals surface area contributed by atoms with Gasteiger partial charge in [-0.25, -0.2) is 0 Å². The van der Waals surface area contributed by atoms with Gasteiger partial charge in [0, 0.05) is 21.8 Å². The maximum Gasteiger partial charge on any atom is 0.0391 e. The van der Waals surface area contributed by atoms with Gasteiger partial charge in [0.1, 0.15) is 0 Å². The molecule has 1 aromatic carbocycles. The van der Waals surface area contributed by atoms with E-state index in [1.54, 1.807) is 0 Å². The van der Waals surface area contributed by atoms with E-state index in [0.29, 0.717) is 12.1 Å². The molecule has 0 spiro atoms. The second-order valence-electron chi connectivity index (χ2n) is 5.42. The molecule has 1 N–H and O–H groups in total. The molecule has 0 saturated heterocycles. The molecule has 0 aliphatic rings. The Morgan fingerprint density at radius 1 is 0.947 bits per heavy atom. The number of hydrogen-bond donors (Lipinski definition) is 1. The highest BCUT2D eigenvalue weighted by molar-refractivity contribution is 7.12. The minimum Gasteiger partial charge on any atom is -0.303 e. The van der Waals surface area contributed by atoms with Crippen LogP contribution in [0, 0.1) is 20.8 Å². The molecule has 0 radical (unpaired) electrons. The molecule has 102 valence electrons. The number of hydrogen-bond acceptors (Lipinski definition) is 2. The van der Waals surface area contributed by atoms with Crippen LogP contribution in [0.4, 0.5) is 0 Å². The van der Waals surface area contributed by atoms with Crippen LogP contribution in [0.3, 0.4) is 0 Å². The molecule has 0 saturated carbocycles. The van der Waals surface area contributed by atoms with Crippen LogP contribution < -0.4 is 5.32 Å². The zero-order valence-electron chi connectivity index (χ0n) is 12.4. The second-order valence-corrected chi connectivity index (χ2v) is 6.74. The van der Waals surface area contributed by atoms with Crippen molar-refractivity contribution in [2.24, 2.45) is 0 Å². The van der Waals surface area contributed by atoms with E-state index in [2.05, 4.69) is 70.3 Å². The first-order chi connectivity index (χ1) is 8.97. The fourth-order valence-corrected chi connectivity index (χ4v) is 3.35. The van der Waals surface area contributed by atoms with Crippen LogP contribution in [0.1, 0.15) is 52.4 Å². The number of benzene rings is 1. The van der Waals surface area contributed by atoms with Crippen molar-refractivity contribution in [2.75, 3.05) is 0 Å². The molecular formula is C17H23NS. The molecule has 0 amide bonds. The molecule has 2 rings (SSSR count). The molecule has 2 atom stereocenters. The van der Waals surface area contributed by atoms with Gasteiger partial charge in [-0.3, -0.25) is 0 Å². The Balaban J connectivity index is 2.12. The highest BCUT2D eigenvalue weighted by Gasteiger charge is 2.14. The summed E-state index contributed by atoms with van der Waals surface area (Å²) in [5.74, 6) is 0. The van der Waals surface area contributed by atoms with Gasteiger partial charge in [0.05, 0.1) is 0 Å². The van der Waals surface area contributed by atoms with Gasteiger partial charge in [0.15, 0.2) is 0 Å². The Kier molecular flexibility index (Phi) is 4.43. The summed E-state index contributed by atoms with van der Waals surface area (Å²) in [6.45, 7) is 11.0. The Hall–Kier alpha value is -1.12. The van der Waals surface area contributed by atoms with Crippen LogP contribution in [0.2, 0.25) is 0 Å². The van der Waals surface area contributed by atoms with Gasteiger partial charge < -0.3 is 5.32 Å². The standard InChI is InChI=1S/C17H23NS/c1-11-6-7-12(2)16(10-11)14(4)18-15(5)17-9-8-13(3)19-17/h6-10,14-15,18H,1-5H3. The first kappa shape index (κ1) is 14.3. The van der Waals surface area contributed by atoms with E-state index in [1.807, 2.05) is 11.3 Å². The summed E-state index contributed by atoms with van der Waals surface area (Å²) in [6, 6.07) is 11.9. The minimum absolute atomic E-state index is 0.373. The topological polar surface area (TPSA) is 12.0 Å². The number of thiophene rings is 1. The summed E-state index contributed by atoms with van der Waals surface area (Å²) in [4.78, 5) is 2.79. The lowest BCUT2D eigenvalue weighted by Crippen LogP contribution is -2.22. The highest BCUT2D eigenvalue weighted by Crippen LogP contribution is 2.26. The Morgan fingerprint density at radius 2 is 1.68 bits per heavy atom. The minimum atomic E-state index is 0.373. The lowest BCUT2D eigenvalue weighted by molar-refractivity contribution is 0.498. The molecule has 2 aromatic rings. The van der Waals surface area contributed by atoms with Crippen LogP contribution in [-0.4, -0.2) is 0 Å². The fourth-order valence-electron chi connectivity index (χ4n) is 2.46. The van der Waals surface area contributed by atoms with E-state index in [0.717, 1.165) is 0 Å². The van der Waals surface area contributed by atoms with Crippen molar-refractivity contribution in [3.05, 3.63) is 56.8 Å². The summed E-state index contributed by atoms with van der Waals surface area (Å²) in [6.07, 6.45) is 0. The smallest absolute Gasteiger partial charge is 0.0391 e. The molecule has 0 aliphatic carbocycles. The van der Waals surface area contributed by atoms with Gasteiger partial charge in [0.2, 0.25) is 0 Å². The van der Waals surface area contributed by atoms with Crippen LogP contribution in [-0.2, 0) is 0 Å². The first-order valence-corrected chi connectivity index (χ1v) is 7.68. The number of nitrogens with one attached hydrogen (secondary N) is 1. The van der Waals surface area contributed by atoms with Crippen molar-refractivity contribution in [3.63, 3.8) is 0 Å². The van der Waals surface area contributed by atoms with Crippen molar-refractivity contribution in [1.29, 1.82) is 0 Å². The highest BCUT2D eigenvalue weighted by atomic mass is 32.1. The maximum atomic E-state index is 3.70. The van der Waals surface area contributed by atoms with E-state index in [-0.39, 0.29) is 0 Å². The average molecular weight is 273 g/mol. The third-order valence-corrected chi connectivity index (χ3v) is 4.77. The molecule has 2 unspecified atom stereocenters. The normalized spacial score (nSPS) is 14.4. The van der Waals surface area contributed by atoms with Gasteiger partial charge in [-0.15, -0.1) is 11.3 Å². The maximum absolute atomic E-state index is 3.70. The monoisotopic (exact) mass is 273 g/mol. The Bertz CT molecular complexity index is 556. The van der Waals surface area contributed by atoms with E-state index in [4.69, 9.17) is 0 Å². The number of aryl methyl sites for hydroxylation is 3. The summed E-state index contributed by atoms with van der Waals surface area (Å²) >= 11 is 1.88. The predicted molar refractivity (Wildman–Crippen MR) is 84.9 cm³/mol. The van der Waals surface area contributed by atoms with Gasteiger partial charge in [-0.1, -0.05) is 23.8 Å². The molecule has 19 heavy (non-hydrogen) atoms.